The number of rotatable bonds is 3. The predicted molar refractivity (Wildman–Crippen MR) is 63.9 cm³/mol. The number of hydrogen-bond donors (Lipinski definition) is 1. The second-order valence-corrected chi connectivity index (χ2v) is 3.86. The quantitative estimate of drug-likeness (QED) is 0.783. The summed E-state index contributed by atoms with van der Waals surface area (Å²) >= 11 is 0. The third-order valence-electron chi connectivity index (χ3n) is 2.77. The maximum absolute atomic E-state index is 10.3. The van der Waals surface area contributed by atoms with E-state index in [-0.39, 0.29) is 0 Å². The Morgan fingerprint density at radius 2 is 2.12 bits per heavy atom. The first-order chi connectivity index (χ1) is 7.81. The highest BCUT2D eigenvalue weighted by molar-refractivity contribution is 5.73. The van der Waals surface area contributed by atoms with Crippen LogP contribution in [0.3, 0.4) is 0 Å². The Morgan fingerprint density at radius 1 is 1.38 bits per heavy atom. The van der Waals surface area contributed by atoms with Crippen molar-refractivity contribution in [3.05, 3.63) is 23.8 Å². The van der Waals surface area contributed by atoms with E-state index in [1.54, 1.807) is 0 Å². The highest BCUT2D eigenvalue weighted by Crippen LogP contribution is 2.24. The first-order valence-corrected chi connectivity index (χ1v) is 5.45. The van der Waals surface area contributed by atoms with Gasteiger partial charge in [0.05, 0.1) is 13.2 Å². The molecular weight excluding hydrogens is 204 g/mol. The highest BCUT2D eigenvalue weighted by atomic mass is 16.5. The number of nitrogens with one attached hydrogen (secondary N) is 1. The van der Waals surface area contributed by atoms with Crippen molar-refractivity contribution in [3.8, 4) is 0 Å². The fourth-order valence-electron chi connectivity index (χ4n) is 1.97. The molecule has 1 aromatic carbocycles. The van der Waals surface area contributed by atoms with E-state index in [2.05, 4.69) is 17.1 Å². The number of nitrogens with zero attached hydrogens (tertiary/aromatic N) is 1. The number of ether oxygens (including phenoxy) is 1. The van der Waals surface area contributed by atoms with E-state index >= 15 is 0 Å². The molecule has 0 aliphatic carbocycles. The number of amides is 1. The summed E-state index contributed by atoms with van der Waals surface area (Å²) in [7, 11) is 0. The van der Waals surface area contributed by atoms with Crippen molar-refractivity contribution in [2.24, 2.45) is 0 Å². The molecule has 4 nitrogen and oxygen atoms in total. The van der Waals surface area contributed by atoms with Gasteiger partial charge in [0.1, 0.15) is 0 Å². The Balaban J connectivity index is 2.17. The molecule has 1 saturated heterocycles. The van der Waals surface area contributed by atoms with Gasteiger partial charge in [0.2, 0.25) is 6.41 Å². The molecule has 4 heteroatoms. The lowest BCUT2D eigenvalue weighted by Crippen LogP contribution is -2.36. The van der Waals surface area contributed by atoms with E-state index in [4.69, 9.17) is 4.74 Å². The van der Waals surface area contributed by atoms with Gasteiger partial charge in [-0.2, -0.15) is 0 Å². The Bertz CT molecular complexity index is 373. The van der Waals surface area contributed by atoms with Crippen molar-refractivity contribution in [1.82, 2.24) is 0 Å². The van der Waals surface area contributed by atoms with Gasteiger partial charge in [-0.15, -0.1) is 0 Å². The fourth-order valence-corrected chi connectivity index (χ4v) is 1.97. The minimum atomic E-state index is 0.698. The van der Waals surface area contributed by atoms with Gasteiger partial charge in [-0.25, -0.2) is 0 Å². The number of carbonyl (C=O) groups is 1. The monoisotopic (exact) mass is 220 g/mol. The molecule has 0 spiro atoms. The second kappa shape index (κ2) is 4.99. The van der Waals surface area contributed by atoms with Crippen LogP contribution in [0.15, 0.2) is 18.2 Å². The molecule has 1 aliphatic heterocycles. The van der Waals surface area contributed by atoms with Gasteiger partial charge in [0, 0.05) is 24.5 Å². The maximum atomic E-state index is 10.3. The van der Waals surface area contributed by atoms with Crippen LogP contribution < -0.4 is 10.2 Å². The van der Waals surface area contributed by atoms with Gasteiger partial charge in [-0.1, -0.05) is 0 Å². The van der Waals surface area contributed by atoms with E-state index < -0.39 is 0 Å². The van der Waals surface area contributed by atoms with Crippen LogP contribution in [0.1, 0.15) is 5.56 Å². The lowest BCUT2D eigenvalue weighted by molar-refractivity contribution is -0.105. The largest absolute Gasteiger partial charge is 0.378 e. The summed E-state index contributed by atoms with van der Waals surface area (Å²) in [6, 6.07) is 5.96. The molecule has 86 valence electrons. The number of morpholine rings is 1. The molecule has 1 heterocycles. The van der Waals surface area contributed by atoms with Crippen LogP contribution in [0.5, 0.6) is 0 Å². The Morgan fingerprint density at radius 3 is 2.75 bits per heavy atom. The lowest BCUT2D eigenvalue weighted by Gasteiger charge is -2.30. The number of anilines is 2. The predicted octanol–water partition coefficient (Wildman–Crippen LogP) is 1.40. The van der Waals surface area contributed by atoms with Gasteiger partial charge >= 0.3 is 0 Å². The fraction of sp³-hybridized carbons (Fsp3) is 0.417. The summed E-state index contributed by atoms with van der Waals surface area (Å²) in [6.45, 7) is 5.49. The number of benzene rings is 1. The number of aryl methyl sites for hydroxylation is 1. The molecule has 0 radical (unpaired) electrons. The molecule has 1 fully saturated rings. The van der Waals surface area contributed by atoms with E-state index in [0.29, 0.717) is 6.41 Å². The molecule has 0 aromatic heterocycles. The average molecular weight is 220 g/mol. The topological polar surface area (TPSA) is 41.6 Å². The summed E-state index contributed by atoms with van der Waals surface area (Å²) in [5.74, 6) is 0. The van der Waals surface area contributed by atoms with Crippen LogP contribution in [-0.4, -0.2) is 32.7 Å². The average Bonchev–Trinajstić information content (AvgIpc) is 2.31. The molecule has 2 rings (SSSR count). The second-order valence-electron chi connectivity index (χ2n) is 3.86. The molecule has 0 unspecified atom stereocenters. The van der Waals surface area contributed by atoms with Gasteiger partial charge in [0.25, 0.3) is 0 Å². The first kappa shape index (κ1) is 11.0. The van der Waals surface area contributed by atoms with Crippen molar-refractivity contribution in [3.63, 3.8) is 0 Å². The summed E-state index contributed by atoms with van der Waals surface area (Å²) < 4.78 is 5.32. The molecule has 1 aromatic rings. The van der Waals surface area contributed by atoms with Gasteiger partial charge in [-0.3, -0.25) is 4.79 Å². The van der Waals surface area contributed by atoms with Crippen LogP contribution in [0.4, 0.5) is 11.4 Å². The summed E-state index contributed by atoms with van der Waals surface area (Å²) in [5.41, 5.74) is 3.23. The molecule has 16 heavy (non-hydrogen) atoms. The zero-order valence-electron chi connectivity index (χ0n) is 9.40. The van der Waals surface area contributed by atoms with Gasteiger partial charge in [-0.05, 0) is 30.7 Å². The third kappa shape index (κ3) is 2.33. The molecule has 1 N–H and O–H groups in total. The first-order valence-electron chi connectivity index (χ1n) is 5.45. The van der Waals surface area contributed by atoms with Crippen LogP contribution in [0, 0.1) is 6.92 Å². The van der Waals surface area contributed by atoms with Gasteiger partial charge in [0.15, 0.2) is 0 Å². The van der Waals surface area contributed by atoms with Crippen molar-refractivity contribution < 1.29 is 9.53 Å². The van der Waals surface area contributed by atoms with E-state index in [0.717, 1.165) is 32.0 Å². The highest BCUT2D eigenvalue weighted by Gasteiger charge is 2.12. The Kier molecular flexibility index (Phi) is 3.41. The minimum Gasteiger partial charge on any atom is -0.378 e. The molecule has 0 bridgehead atoms. The lowest BCUT2D eigenvalue weighted by atomic mass is 10.1. The zero-order chi connectivity index (χ0) is 11.4. The van der Waals surface area contributed by atoms with E-state index in [9.17, 15) is 4.79 Å². The van der Waals surface area contributed by atoms with Crippen LogP contribution in [-0.2, 0) is 9.53 Å². The summed E-state index contributed by atoms with van der Waals surface area (Å²) in [6.07, 6.45) is 0.698. The molecular formula is C12H16N2O2. The SMILES string of the molecule is Cc1cc(NC=O)ccc1N1CCOCC1. The van der Waals surface area contributed by atoms with Crippen molar-refractivity contribution >= 4 is 17.8 Å². The molecule has 1 aliphatic rings. The number of hydrogen-bond acceptors (Lipinski definition) is 3. The van der Waals surface area contributed by atoms with Crippen molar-refractivity contribution in [2.75, 3.05) is 36.5 Å². The third-order valence-corrected chi connectivity index (χ3v) is 2.77. The van der Waals surface area contributed by atoms with Gasteiger partial charge < -0.3 is 15.0 Å². The van der Waals surface area contributed by atoms with Crippen LogP contribution in [0.2, 0.25) is 0 Å². The van der Waals surface area contributed by atoms with Crippen LogP contribution in [0.25, 0.3) is 0 Å². The molecule has 0 atom stereocenters. The van der Waals surface area contributed by atoms with Crippen molar-refractivity contribution in [1.29, 1.82) is 0 Å². The molecule has 0 saturated carbocycles. The maximum Gasteiger partial charge on any atom is 0.211 e. The zero-order valence-corrected chi connectivity index (χ0v) is 9.40. The Labute approximate surface area is 95.2 Å². The normalized spacial score (nSPS) is 15.9. The smallest absolute Gasteiger partial charge is 0.211 e. The van der Waals surface area contributed by atoms with Crippen LogP contribution >= 0.6 is 0 Å². The minimum absolute atomic E-state index is 0.698. The summed E-state index contributed by atoms with van der Waals surface area (Å²) in [4.78, 5) is 12.6. The van der Waals surface area contributed by atoms with E-state index in [1.165, 1.54) is 11.3 Å². The molecule has 1 amide bonds. The standard InChI is InChI=1S/C12H16N2O2/c1-10-8-11(13-9-15)2-3-12(10)14-4-6-16-7-5-14/h2-3,8-9H,4-7H2,1H3,(H,13,15). The van der Waals surface area contributed by atoms with Crippen molar-refractivity contribution in [2.45, 2.75) is 6.92 Å². The Hall–Kier alpha value is -1.55. The van der Waals surface area contributed by atoms with E-state index in [1.807, 2.05) is 18.2 Å². The number of carbonyl (C=O) groups excluding carboxylic acids is 1. The summed E-state index contributed by atoms with van der Waals surface area (Å²) in [5, 5.41) is 2.65.